The predicted molar refractivity (Wildman–Crippen MR) is 90.4 cm³/mol. The van der Waals surface area contributed by atoms with E-state index in [0.717, 1.165) is 11.1 Å². The van der Waals surface area contributed by atoms with Crippen LogP contribution in [0.4, 0.5) is 0 Å². The molecule has 0 bridgehead atoms. The Labute approximate surface area is 128 Å². The van der Waals surface area contributed by atoms with Gasteiger partial charge in [-0.2, -0.15) is 0 Å². The van der Waals surface area contributed by atoms with Crippen molar-refractivity contribution >= 4 is 11.7 Å². The van der Waals surface area contributed by atoms with Crippen LogP contribution in [0, 0.1) is 5.41 Å². The summed E-state index contributed by atoms with van der Waals surface area (Å²) in [7, 11) is 0. The van der Waals surface area contributed by atoms with Crippen molar-refractivity contribution in [3.63, 3.8) is 0 Å². The highest BCUT2D eigenvalue weighted by atomic mass is 14.9. The van der Waals surface area contributed by atoms with Gasteiger partial charge in [0.1, 0.15) is 5.84 Å². The fourth-order valence-corrected chi connectivity index (χ4v) is 2.94. The van der Waals surface area contributed by atoms with Crippen molar-refractivity contribution in [1.82, 2.24) is 0 Å². The lowest BCUT2D eigenvalue weighted by Crippen LogP contribution is -2.18. The number of benzene rings is 1. The average Bonchev–Trinajstić information content (AvgIpc) is 2.73. The molecule has 1 aromatic rings. The molecule has 0 radical (unpaired) electrons. The number of rotatable bonds is 7. The van der Waals surface area contributed by atoms with Gasteiger partial charge in [-0.25, -0.2) is 4.99 Å². The van der Waals surface area contributed by atoms with Gasteiger partial charge < -0.3 is 5.73 Å². The molecule has 2 rings (SSSR count). The van der Waals surface area contributed by atoms with E-state index < -0.39 is 0 Å². The Morgan fingerprint density at radius 1 is 1.10 bits per heavy atom. The number of hydrogen-bond acceptors (Lipinski definition) is 2. The molecule has 3 heteroatoms. The zero-order chi connectivity index (χ0) is 15.5. The maximum Gasteiger partial charge on any atom is 0.154 e. The van der Waals surface area contributed by atoms with Crippen LogP contribution in [0.25, 0.3) is 0 Å². The summed E-state index contributed by atoms with van der Waals surface area (Å²) >= 11 is 0. The Hall–Kier alpha value is -1.64. The highest BCUT2D eigenvalue weighted by Gasteiger charge is 2.24. The summed E-state index contributed by atoms with van der Waals surface area (Å²) in [5.41, 5.74) is 9.04. The van der Waals surface area contributed by atoms with Crippen molar-refractivity contribution in [2.75, 3.05) is 0 Å². The van der Waals surface area contributed by atoms with Crippen molar-refractivity contribution in [1.29, 1.82) is 5.41 Å². The molecule has 0 atom stereocenters. The van der Waals surface area contributed by atoms with Gasteiger partial charge in [0.15, 0.2) is 5.84 Å². The van der Waals surface area contributed by atoms with E-state index in [1.165, 1.54) is 44.1 Å². The van der Waals surface area contributed by atoms with Crippen LogP contribution in [-0.2, 0) is 5.41 Å². The number of nitrogens with one attached hydrogen (secondary N) is 1. The number of amidine groups is 2. The molecule has 0 aliphatic carbocycles. The van der Waals surface area contributed by atoms with Gasteiger partial charge in [-0.05, 0) is 23.5 Å². The van der Waals surface area contributed by atoms with Crippen LogP contribution < -0.4 is 5.73 Å². The first-order valence-electron chi connectivity index (χ1n) is 8.03. The number of unbranched alkanes of at least 4 members (excludes halogenated alkanes) is 4. The van der Waals surface area contributed by atoms with Crippen LogP contribution in [0.2, 0.25) is 0 Å². The Morgan fingerprint density at radius 3 is 2.52 bits per heavy atom. The second-order valence-corrected chi connectivity index (χ2v) is 6.65. The average molecular weight is 285 g/mol. The molecule has 0 fully saturated rings. The number of nitrogens with two attached hydrogens (primary N) is 1. The van der Waals surface area contributed by atoms with Crippen molar-refractivity contribution in [3.8, 4) is 0 Å². The summed E-state index contributed by atoms with van der Waals surface area (Å²) in [6, 6.07) is 6.27. The Balaban J connectivity index is 2.04. The van der Waals surface area contributed by atoms with Gasteiger partial charge in [0, 0.05) is 11.1 Å². The third kappa shape index (κ3) is 3.52. The molecule has 3 nitrogen and oxygen atoms in total. The third-order valence-corrected chi connectivity index (χ3v) is 4.47. The van der Waals surface area contributed by atoms with Crippen molar-refractivity contribution in [2.45, 2.75) is 64.7 Å². The zero-order valence-corrected chi connectivity index (χ0v) is 13.5. The molecule has 1 aliphatic rings. The van der Waals surface area contributed by atoms with Gasteiger partial charge >= 0.3 is 0 Å². The van der Waals surface area contributed by atoms with E-state index in [2.05, 4.69) is 37.9 Å². The SMILES string of the molecule is CCCCCCCC(C)(C)c1ccc2c(c1)C(=N)N=C2N. The lowest BCUT2D eigenvalue weighted by Gasteiger charge is -2.26. The van der Waals surface area contributed by atoms with Crippen LogP contribution in [0.5, 0.6) is 0 Å². The van der Waals surface area contributed by atoms with Crippen molar-refractivity contribution in [2.24, 2.45) is 10.7 Å². The van der Waals surface area contributed by atoms with Gasteiger partial charge in [0.25, 0.3) is 0 Å². The zero-order valence-electron chi connectivity index (χ0n) is 13.5. The third-order valence-electron chi connectivity index (χ3n) is 4.47. The summed E-state index contributed by atoms with van der Waals surface area (Å²) in [5, 5.41) is 7.91. The topological polar surface area (TPSA) is 62.2 Å². The number of aliphatic imine (C=N–C) groups is 1. The van der Waals surface area contributed by atoms with Gasteiger partial charge in [-0.1, -0.05) is 65.0 Å². The molecule has 1 aromatic carbocycles. The number of hydrogen-bond donors (Lipinski definition) is 2. The fourth-order valence-electron chi connectivity index (χ4n) is 2.94. The molecule has 0 unspecified atom stereocenters. The Kier molecular flexibility index (Phi) is 4.81. The lowest BCUT2D eigenvalue weighted by molar-refractivity contribution is 0.444. The standard InChI is InChI=1S/C18H27N3/c1-4-5-6-7-8-11-18(2,3)13-9-10-14-15(12-13)17(20)21-16(14)19/h9-10,12H,4-8,11H2,1-3H3,(H3,19,20,21). The minimum atomic E-state index is 0.138. The maximum absolute atomic E-state index is 7.91. The molecule has 21 heavy (non-hydrogen) atoms. The molecule has 0 aromatic heterocycles. The highest BCUT2D eigenvalue weighted by molar-refractivity contribution is 6.20. The largest absolute Gasteiger partial charge is 0.383 e. The summed E-state index contributed by atoms with van der Waals surface area (Å²) in [6.07, 6.45) is 7.73. The Bertz CT molecular complexity index is 556. The smallest absolute Gasteiger partial charge is 0.154 e. The minimum Gasteiger partial charge on any atom is -0.383 e. The predicted octanol–water partition coefficient (Wildman–Crippen LogP) is 4.37. The molecule has 1 heterocycles. The Morgan fingerprint density at radius 2 is 1.81 bits per heavy atom. The second-order valence-electron chi connectivity index (χ2n) is 6.65. The maximum atomic E-state index is 7.91. The van der Waals surface area contributed by atoms with Crippen LogP contribution in [0.1, 0.15) is 76.0 Å². The molecule has 0 saturated heterocycles. The molecular formula is C18H27N3. The van der Waals surface area contributed by atoms with Gasteiger partial charge in [-0.3, -0.25) is 5.41 Å². The first-order valence-corrected chi connectivity index (χ1v) is 8.03. The van der Waals surface area contributed by atoms with Gasteiger partial charge in [0.2, 0.25) is 0 Å². The first-order chi connectivity index (χ1) is 9.95. The quantitative estimate of drug-likeness (QED) is 0.718. The van der Waals surface area contributed by atoms with Crippen molar-refractivity contribution in [3.05, 3.63) is 34.9 Å². The minimum absolute atomic E-state index is 0.138. The normalized spacial score (nSPS) is 14.2. The van der Waals surface area contributed by atoms with Crippen LogP contribution in [-0.4, -0.2) is 11.7 Å². The highest BCUT2D eigenvalue weighted by Crippen LogP contribution is 2.32. The van der Waals surface area contributed by atoms with Crippen LogP contribution in [0.3, 0.4) is 0 Å². The summed E-state index contributed by atoms with van der Waals surface area (Å²) < 4.78 is 0. The lowest BCUT2D eigenvalue weighted by atomic mass is 9.79. The van der Waals surface area contributed by atoms with E-state index in [1.54, 1.807) is 0 Å². The van der Waals surface area contributed by atoms with E-state index in [0.29, 0.717) is 11.7 Å². The first kappa shape index (κ1) is 15.7. The second kappa shape index (κ2) is 6.42. The van der Waals surface area contributed by atoms with Gasteiger partial charge in [-0.15, -0.1) is 0 Å². The number of nitrogens with zero attached hydrogens (tertiary/aromatic N) is 1. The molecule has 3 N–H and O–H groups in total. The van der Waals surface area contributed by atoms with Crippen LogP contribution in [0.15, 0.2) is 23.2 Å². The van der Waals surface area contributed by atoms with E-state index in [-0.39, 0.29) is 5.41 Å². The molecule has 0 amide bonds. The van der Waals surface area contributed by atoms with Crippen LogP contribution >= 0.6 is 0 Å². The fraction of sp³-hybridized carbons (Fsp3) is 0.556. The van der Waals surface area contributed by atoms with E-state index in [4.69, 9.17) is 11.1 Å². The van der Waals surface area contributed by atoms with E-state index >= 15 is 0 Å². The number of fused-ring (bicyclic) bond motifs is 1. The molecule has 0 spiro atoms. The summed E-state index contributed by atoms with van der Waals surface area (Å²) in [5.74, 6) is 0.766. The summed E-state index contributed by atoms with van der Waals surface area (Å²) in [6.45, 7) is 6.83. The molecule has 0 saturated carbocycles. The molecule has 1 aliphatic heterocycles. The monoisotopic (exact) mass is 285 g/mol. The molecule has 114 valence electrons. The summed E-state index contributed by atoms with van der Waals surface area (Å²) in [4.78, 5) is 4.05. The molecular weight excluding hydrogens is 258 g/mol. The van der Waals surface area contributed by atoms with Crippen molar-refractivity contribution < 1.29 is 0 Å². The van der Waals surface area contributed by atoms with E-state index in [9.17, 15) is 0 Å². The van der Waals surface area contributed by atoms with Gasteiger partial charge in [0.05, 0.1) is 0 Å². The van der Waals surface area contributed by atoms with E-state index in [1.807, 2.05) is 6.07 Å².